The summed E-state index contributed by atoms with van der Waals surface area (Å²) < 4.78 is 1.14. The molecule has 16 rings (SSSR count). The smallest absolute Gasteiger partial charge is 0.0479 e. The number of hydrogen-bond acceptors (Lipinski definition) is 3. The molecule has 0 spiro atoms. The first-order valence-corrected chi connectivity index (χ1v) is 36.9. The van der Waals surface area contributed by atoms with Gasteiger partial charge in [-0.25, -0.2) is 0 Å². The molecule has 0 atom stereocenters. The van der Waals surface area contributed by atoms with E-state index in [1.165, 1.54) is 72.4 Å². The molecule has 0 saturated heterocycles. The van der Waals surface area contributed by atoms with Gasteiger partial charge in [-0.2, -0.15) is 0 Å². The van der Waals surface area contributed by atoms with E-state index in [9.17, 15) is 0 Å². The number of nitrogens with zero attached hydrogens (tertiary/aromatic N) is 2. The van der Waals surface area contributed by atoms with Crippen molar-refractivity contribution in [3.63, 3.8) is 0 Å². The fourth-order valence-electron chi connectivity index (χ4n) is 12.2. The molecule has 0 aliphatic carbocycles. The summed E-state index contributed by atoms with van der Waals surface area (Å²) in [5.41, 5.74) is 28.5. The average Bonchev–Trinajstić information content (AvgIpc) is 0.802. The Morgan fingerprint density at radius 1 is 0.257 bits per heavy atom. The van der Waals surface area contributed by atoms with Crippen LogP contribution in [0.2, 0.25) is 5.02 Å². The van der Waals surface area contributed by atoms with Gasteiger partial charge in [-0.1, -0.05) is 375 Å². The monoisotopic (exact) mass is 1650 g/mol. The van der Waals surface area contributed by atoms with Crippen LogP contribution in [0.1, 0.15) is 63.1 Å². The molecular formula is C102H89BrClN3Y2-2. The number of para-hydroxylation sites is 5. The van der Waals surface area contributed by atoms with Crippen molar-refractivity contribution in [3.8, 4) is 11.1 Å². The van der Waals surface area contributed by atoms with Gasteiger partial charge in [0.05, 0.1) is 0 Å². The third-order valence-corrected chi connectivity index (χ3v) is 18.0. The Hall–Kier alpha value is -10.1. The number of benzene rings is 16. The van der Waals surface area contributed by atoms with Crippen molar-refractivity contribution in [3.05, 3.63) is 520 Å². The third-order valence-electron chi connectivity index (χ3n) is 17.1. The van der Waals surface area contributed by atoms with E-state index in [0.717, 1.165) is 75.7 Å². The average molecular weight is 1650 g/mol. The summed E-state index contributed by atoms with van der Waals surface area (Å²) in [4.78, 5) is 4.59. The van der Waals surface area contributed by atoms with Crippen molar-refractivity contribution in [2.45, 2.75) is 39.5 Å². The van der Waals surface area contributed by atoms with E-state index in [4.69, 9.17) is 17.3 Å². The summed E-state index contributed by atoms with van der Waals surface area (Å²) in [6.45, 7) is 0. The standard InChI is InChI=1S/C32H27N.C25H20ClN.C13H12.C13H10.C12H9Br.C6H7N.CH4.2Y/c1-5-13-26(14-6-1)21-28-23-29(22-27-15-7-2-8-16-27)25-32(24-28)33(30-17-9-3-10-18-30)31-19-11-4-12-20-31;26-22-17-21(16-20-10-4-1-5-11-20)18-25(19-22)27(23-12-6-2-7-13-23)24-14-8-3-9-15-24;2*1-3-7-12(8-4-1)11-13-9-5-2-6-10-13;13-12-9-5-4-8-11(12)10-6-2-1-3-7-10;7-6-4-2-1-3-5-6;;;/h1-20,23-25H,21-22H2;1-15,17-19H,16H2;1-10H,11H2;1-4,7-10H,11H2;1-9H;1-5H,7H2;1H4;;/q;;;-2;;;;;. The van der Waals surface area contributed by atoms with Gasteiger partial charge >= 0.3 is 0 Å². The Labute approximate surface area is 711 Å². The Kier molecular flexibility index (Phi) is 36.9. The minimum Gasteiger partial charge on any atom is -0.399 e. The fourth-order valence-corrected chi connectivity index (χ4v) is 12.9. The van der Waals surface area contributed by atoms with Gasteiger partial charge < -0.3 is 33.7 Å². The van der Waals surface area contributed by atoms with Gasteiger partial charge in [0.15, 0.2) is 0 Å². The molecule has 0 fully saturated rings. The third kappa shape index (κ3) is 28.8. The number of nitrogens with two attached hydrogens (primary N) is 1. The number of rotatable bonds is 17. The maximum Gasteiger partial charge on any atom is 0.0479 e. The van der Waals surface area contributed by atoms with Crippen molar-refractivity contribution in [1.82, 2.24) is 0 Å². The van der Waals surface area contributed by atoms with Gasteiger partial charge in [0.25, 0.3) is 0 Å². The molecule has 0 amide bonds. The minimum atomic E-state index is 0. The molecule has 0 aliphatic heterocycles. The van der Waals surface area contributed by atoms with Crippen molar-refractivity contribution in [1.29, 1.82) is 0 Å². The Balaban J connectivity index is 0.000000175. The summed E-state index contributed by atoms with van der Waals surface area (Å²) in [6, 6.07) is 159. The van der Waals surface area contributed by atoms with Crippen molar-refractivity contribution in [2.24, 2.45) is 0 Å². The van der Waals surface area contributed by atoms with Gasteiger partial charge in [0, 0.05) is 115 Å². The molecule has 3 nitrogen and oxygen atoms in total. The van der Waals surface area contributed by atoms with Crippen LogP contribution in [0.4, 0.5) is 39.8 Å². The predicted octanol–water partition coefficient (Wildman–Crippen LogP) is 27.9. The van der Waals surface area contributed by atoms with E-state index in [1.807, 2.05) is 97.1 Å². The molecule has 7 heteroatoms. The minimum absolute atomic E-state index is 0. The van der Waals surface area contributed by atoms with Crippen molar-refractivity contribution in [2.75, 3.05) is 15.5 Å². The van der Waals surface area contributed by atoms with Crippen LogP contribution in [0.3, 0.4) is 0 Å². The molecule has 0 heterocycles. The van der Waals surface area contributed by atoms with Gasteiger partial charge in [0.2, 0.25) is 0 Å². The topological polar surface area (TPSA) is 32.5 Å². The van der Waals surface area contributed by atoms with Crippen LogP contribution >= 0.6 is 27.5 Å². The predicted molar refractivity (Wildman–Crippen MR) is 461 cm³/mol. The Morgan fingerprint density at radius 3 is 0.807 bits per heavy atom. The molecule has 0 aromatic heterocycles. The SMILES string of the molecule is Brc1ccccc1-c1ccccc1.C.Clc1cc(Cc2ccccc2)cc(N(c2ccccc2)c2ccccc2)c1.Nc1ccccc1.[Y].[Y].[c-]1c[c-]cc(Cc2ccccc2)c1.c1ccc(Cc2cc(Cc3ccccc3)cc(N(c3ccccc3)c3ccccc3)c2)cc1.c1ccc(Cc2ccccc2)cc1. The van der Waals surface area contributed by atoms with Crippen LogP contribution < -0.4 is 15.5 Å². The van der Waals surface area contributed by atoms with Gasteiger partial charge in [-0.15, -0.1) is 0 Å². The molecule has 109 heavy (non-hydrogen) atoms. The van der Waals surface area contributed by atoms with Crippen LogP contribution in [0.25, 0.3) is 11.1 Å². The number of halogens is 2. The summed E-state index contributed by atoms with van der Waals surface area (Å²) in [7, 11) is 0. The largest absolute Gasteiger partial charge is 0.399 e. The molecule has 0 aliphatic rings. The summed E-state index contributed by atoms with van der Waals surface area (Å²) in [6.07, 6.45) is 4.67. The van der Waals surface area contributed by atoms with E-state index < -0.39 is 0 Å². The van der Waals surface area contributed by atoms with Gasteiger partial charge in [-0.3, -0.25) is 17.7 Å². The number of nitrogen functional groups attached to an aromatic ring is 1. The normalized spacial score (nSPS) is 9.93. The molecule has 534 valence electrons. The van der Waals surface area contributed by atoms with Crippen LogP contribution in [0, 0.1) is 12.1 Å². The summed E-state index contributed by atoms with van der Waals surface area (Å²) in [5.74, 6) is 0. The van der Waals surface area contributed by atoms with E-state index in [0.29, 0.717) is 0 Å². The second kappa shape index (κ2) is 47.6. The second-order valence-corrected chi connectivity index (χ2v) is 26.5. The van der Waals surface area contributed by atoms with Crippen LogP contribution in [-0.4, -0.2) is 0 Å². The fraction of sp³-hybridized carbons (Fsp3) is 0.0588. The maximum atomic E-state index is 6.51. The molecule has 0 unspecified atom stereocenters. The summed E-state index contributed by atoms with van der Waals surface area (Å²) in [5, 5.41) is 0.746. The Morgan fingerprint density at radius 2 is 0.505 bits per heavy atom. The molecule has 0 saturated carbocycles. The summed E-state index contributed by atoms with van der Waals surface area (Å²) >= 11 is 10.0. The molecule has 16 aromatic rings. The Bertz CT molecular complexity index is 4780. The first kappa shape index (κ1) is 84.5. The number of anilines is 7. The maximum absolute atomic E-state index is 6.51. The molecule has 2 N–H and O–H groups in total. The molecule has 16 aromatic carbocycles. The second-order valence-electron chi connectivity index (χ2n) is 25.2. The zero-order valence-electron chi connectivity index (χ0n) is 60.6. The van der Waals surface area contributed by atoms with Crippen LogP contribution in [-0.2, 0) is 97.5 Å². The van der Waals surface area contributed by atoms with Gasteiger partial charge in [0.1, 0.15) is 0 Å². The first-order valence-electron chi connectivity index (χ1n) is 35.7. The first-order chi connectivity index (χ1) is 52.3. The van der Waals surface area contributed by atoms with E-state index in [-0.39, 0.29) is 72.8 Å². The number of hydrogen-bond donors (Lipinski definition) is 1. The zero-order valence-corrected chi connectivity index (χ0v) is 68.6. The van der Waals surface area contributed by atoms with E-state index in [1.54, 1.807) is 6.07 Å². The van der Waals surface area contributed by atoms with Gasteiger partial charge in [-0.05, 0) is 178 Å². The quantitative estimate of drug-likeness (QED) is 0.0728. The van der Waals surface area contributed by atoms with Crippen molar-refractivity contribution >= 4 is 67.3 Å². The van der Waals surface area contributed by atoms with Crippen LogP contribution in [0.15, 0.2) is 447 Å². The van der Waals surface area contributed by atoms with Crippen molar-refractivity contribution < 1.29 is 65.4 Å². The van der Waals surface area contributed by atoms with E-state index in [2.05, 4.69) is 378 Å². The molecular weight excluding hydrogens is 1560 g/mol. The zero-order chi connectivity index (χ0) is 72.8. The van der Waals surface area contributed by atoms with Crippen LogP contribution in [0.5, 0.6) is 0 Å². The van der Waals surface area contributed by atoms with E-state index >= 15 is 0 Å². The molecule has 0 bridgehead atoms. The molecule has 2 radical (unpaired) electrons.